The van der Waals surface area contributed by atoms with Crippen LogP contribution in [0.4, 0.5) is 28.0 Å². The van der Waals surface area contributed by atoms with E-state index in [4.69, 9.17) is 0 Å². The molecule has 0 saturated carbocycles. The van der Waals surface area contributed by atoms with E-state index in [1.54, 1.807) is 0 Å². The molecule has 0 aliphatic carbocycles. The number of hydrogen-bond donors (Lipinski definition) is 2. The van der Waals surface area contributed by atoms with Gasteiger partial charge in [0, 0.05) is 16.8 Å². The number of amides is 2. The molecule has 1 heterocycles. The Morgan fingerprint density at radius 3 is 2.48 bits per heavy atom. The fourth-order valence-electron chi connectivity index (χ4n) is 3.31. The van der Waals surface area contributed by atoms with Crippen molar-refractivity contribution < 1.29 is 27.1 Å². The van der Waals surface area contributed by atoms with E-state index in [2.05, 4.69) is 20.4 Å². The highest BCUT2D eigenvalue weighted by Gasteiger charge is 2.33. The van der Waals surface area contributed by atoms with Crippen LogP contribution in [-0.2, 0) is 0 Å². The Morgan fingerprint density at radius 1 is 1.15 bits per heavy atom. The van der Waals surface area contributed by atoms with E-state index < -0.39 is 41.1 Å². The average Bonchev–Trinajstić information content (AvgIpc) is 2.66. The van der Waals surface area contributed by atoms with Crippen LogP contribution in [-0.4, -0.2) is 27.5 Å². The third-order valence-corrected chi connectivity index (χ3v) is 4.59. The zero-order chi connectivity index (χ0) is 24.6. The minimum atomic E-state index is -5.06. The second-order valence-corrected chi connectivity index (χ2v) is 8.38. The van der Waals surface area contributed by atoms with Gasteiger partial charge in [0.2, 0.25) is 0 Å². The molecule has 2 aromatic carbocycles. The second-order valence-electron chi connectivity index (χ2n) is 8.38. The SMILES string of the molecule is CC(c1cccc(OC(F)(F)F)c1F)n1c(=O)cnc2cc(NC(=O)NC(C)(C)C)ccc21. The minimum absolute atomic E-state index is 0.168. The van der Waals surface area contributed by atoms with Gasteiger partial charge in [-0.05, 0) is 52.0 Å². The molecule has 11 heteroatoms. The van der Waals surface area contributed by atoms with Gasteiger partial charge in [0.1, 0.15) is 0 Å². The Balaban J connectivity index is 2.00. The first-order chi connectivity index (χ1) is 15.2. The first kappa shape index (κ1) is 24.0. The summed E-state index contributed by atoms with van der Waals surface area (Å²) in [6, 6.07) is 6.49. The predicted octanol–water partition coefficient (Wildman–Crippen LogP) is 4.96. The molecule has 3 aromatic rings. The van der Waals surface area contributed by atoms with Crippen molar-refractivity contribution in [2.24, 2.45) is 0 Å². The van der Waals surface area contributed by atoms with E-state index in [1.165, 1.54) is 41.8 Å². The number of fused-ring (bicyclic) bond motifs is 1. The summed E-state index contributed by atoms with van der Waals surface area (Å²) >= 11 is 0. The number of ether oxygens (including phenoxy) is 1. The quantitative estimate of drug-likeness (QED) is 0.532. The molecule has 0 aliphatic rings. The van der Waals surface area contributed by atoms with Gasteiger partial charge in [-0.1, -0.05) is 12.1 Å². The highest BCUT2D eigenvalue weighted by atomic mass is 19.4. The van der Waals surface area contributed by atoms with Crippen LogP contribution in [0.3, 0.4) is 0 Å². The van der Waals surface area contributed by atoms with Gasteiger partial charge in [-0.25, -0.2) is 14.2 Å². The highest BCUT2D eigenvalue weighted by Crippen LogP contribution is 2.32. The number of anilines is 1. The molecule has 0 fully saturated rings. The van der Waals surface area contributed by atoms with E-state index in [1.807, 2.05) is 20.8 Å². The van der Waals surface area contributed by atoms with Crippen LogP contribution in [0, 0.1) is 5.82 Å². The maximum absolute atomic E-state index is 14.8. The van der Waals surface area contributed by atoms with Crippen molar-refractivity contribution in [1.29, 1.82) is 0 Å². The number of rotatable bonds is 4. The summed E-state index contributed by atoms with van der Waals surface area (Å²) in [5, 5.41) is 5.41. The lowest BCUT2D eigenvalue weighted by atomic mass is 10.1. The van der Waals surface area contributed by atoms with E-state index in [9.17, 15) is 27.2 Å². The molecule has 7 nitrogen and oxygen atoms in total. The summed E-state index contributed by atoms with van der Waals surface area (Å²) in [4.78, 5) is 28.8. The van der Waals surface area contributed by atoms with Crippen LogP contribution >= 0.6 is 0 Å². The van der Waals surface area contributed by atoms with Crippen molar-refractivity contribution >= 4 is 22.8 Å². The number of urea groups is 1. The second kappa shape index (κ2) is 8.72. The first-order valence-corrected chi connectivity index (χ1v) is 9.90. The normalized spacial score (nSPS) is 13.0. The van der Waals surface area contributed by atoms with Crippen molar-refractivity contribution in [3.05, 3.63) is 64.3 Å². The van der Waals surface area contributed by atoms with Crippen LogP contribution in [0.2, 0.25) is 0 Å². The monoisotopic (exact) mass is 466 g/mol. The molecule has 1 atom stereocenters. The Labute approximate surface area is 186 Å². The maximum Gasteiger partial charge on any atom is 0.573 e. The molecule has 0 saturated heterocycles. The summed E-state index contributed by atoms with van der Waals surface area (Å²) in [6.07, 6.45) is -4.04. The van der Waals surface area contributed by atoms with Gasteiger partial charge in [0.25, 0.3) is 5.56 Å². The van der Waals surface area contributed by atoms with Crippen molar-refractivity contribution in [3.8, 4) is 5.75 Å². The van der Waals surface area contributed by atoms with Gasteiger partial charge >= 0.3 is 12.4 Å². The van der Waals surface area contributed by atoms with E-state index in [0.29, 0.717) is 16.7 Å². The number of aromatic nitrogens is 2. The number of nitrogens with one attached hydrogen (secondary N) is 2. The molecule has 176 valence electrons. The molecular weight excluding hydrogens is 444 g/mol. The molecule has 0 radical (unpaired) electrons. The fourth-order valence-corrected chi connectivity index (χ4v) is 3.31. The Kier molecular flexibility index (Phi) is 6.35. The molecule has 2 amide bonds. The largest absolute Gasteiger partial charge is 0.573 e. The lowest BCUT2D eigenvalue weighted by molar-refractivity contribution is -0.275. The fraction of sp³-hybridized carbons (Fsp3) is 0.318. The number of carbonyl (C=O) groups excluding carboxylic acids is 1. The third kappa shape index (κ3) is 5.79. The van der Waals surface area contributed by atoms with Crippen molar-refractivity contribution in [2.75, 3.05) is 5.32 Å². The topological polar surface area (TPSA) is 85.2 Å². The van der Waals surface area contributed by atoms with Crippen molar-refractivity contribution in [1.82, 2.24) is 14.9 Å². The van der Waals surface area contributed by atoms with Gasteiger partial charge in [0.05, 0.1) is 23.3 Å². The molecule has 1 aromatic heterocycles. The zero-order valence-corrected chi connectivity index (χ0v) is 18.2. The number of carbonyl (C=O) groups is 1. The number of benzene rings is 2. The van der Waals surface area contributed by atoms with Gasteiger partial charge in [-0.3, -0.25) is 9.36 Å². The molecular formula is C22H22F4N4O3. The standard InChI is InChI=1S/C22H22F4N4O3/c1-12(14-6-5-7-17(19(14)23)33-22(24,25)26)30-16-9-8-13(10-15(16)27-11-18(30)31)28-20(32)29-21(2,3)4/h5-12H,1-4H3,(H2,28,29,32). The smallest absolute Gasteiger partial charge is 0.403 e. The predicted molar refractivity (Wildman–Crippen MR) is 115 cm³/mol. The maximum atomic E-state index is 14.8. The lowest BCUT2D eigenvalue weighted by Crippen LogP contribution is -2.43. The molecule has 1 unspecified atom stereocenters. The van der Waals surface area contributed by atoms with Crippen molar-refractivity contribution in [3.63, 3.8) is 0 Å². The Morgan fingerprint density at radius 2 is 1.85 bits per heavy atom. The summed E-state index contributed by atoms with van der Waals surface area (Å²) in [5.41, 5.74) is -0.178. The molecule has 33 heavy (non-hydrogen) atoms. The van der Waals surface area contributed by atoms with Gasteiger partial charge in [0.15, 0.2) is 11.6 Å². The van der Waals surface area contributed by atoms with Crippen molar-refractivity contribution in [2.45, 2.75) is 45.6 Å². The number of halogens is 4. The van der Waals surface area contributed by atoms with Gasteiger partial charge in [-0.2, -0.15) is 0 Å². The molecule has 0 aliphatic heterocycles. The highest BCUT2D eigenvalue weighted by molar-refractivity contribution is 5.92. The third-order valence-electron chi connectivity index (χ3n) is 4.59. The Hall–Kier alpha value is -3.63. The summed E-state index contributed by atoms with van der Waals surface area (Å²) in [6.45, 7) is 6.94. The molecule has 0 spiro atoms. The average molecular weight is 466 g/mol. The van der Waals surface area contributed by atoms with Gasteiger partial charge in [-0.15, -0.1) is 13.2 Å². The summed E-state index contributed by atoms with van der Waals surface area (Å²) < 4.78 is 57.5. The lowest BCUT2D eigenvalue weighted by Gasteiger charge is -2.21. The van der Waals surface area contributed by atoms with Crippen LogP contribution in [0.25, 0.3) is 11.0 Å². The van der Waals surface area contributed by atoms with Gasteiger partial charge < -0.3 is 15.4 Å². The molecule has 0 bridgehead atoms. The first-order valence-electron chi connectivity index (χ1n) is 9.90. The summed E-state index contributed by atoms with van der Waals surface area (Å²) in [7, 11) is 0. The molecule has 3 rings (SSSR count). The Bertz CT molecular complexity index is 1250. The van der Waals surface area contributed by atoms with E-state index >= 15 is 0 Å². The van der Waals surface area contributed by atoms with Crippen LogP contribution < -0.4 is 20.9 Å². The molecule has 2 N–H and O–H groups in total. The number of alkyl halides is 3. The van der Waals surface area contributed by atoms with Crippen LogP contribution in [0.1, 0.15) is 39.3 Å². The number of nitrogens with zero attached hydrogens (tertiary/aromatic N) is 2. The number of hydrogen-bond acceptors (Lipinski definition) is 4. The zero-order valence-electron chi connectivity index (χ0n) is 18.2. The minimum Gasteiger partial charge on any atom is -0.403 e. The van der Waals surface area contributed by atoms with Crippen LogP contribution in [0.5, 0.6) is 5.75 Å². The van der Waals surface area contributed by atoms with E-state index in [-0.39, 0.29) is 5.56 Å². The van der Waals surface area contributed by atoms with E-state index in [0.717, 1.165) is 12.3 Å². The summed E-state index contributed by atoms with van der Waals surface area (Å²) in [5.74, 6) is -2.22. The van der Waals surface area contributed by atoms with Crippen LogP contribution in [0.15, 0.2) is 47.4 Å².